The molecule has 0 saturated carbocycles. The normalized spacial score (nSPS) is 17.2. The smallest absolute Gasteiger partial charge is 0.382 e. The number of Topliss-reactive ketones (excluding diaryl/α,β-unsaturated/α-hetero) is 1. The SMILES string of the molecule is N#Cc1c(N)nc(N)nc1N1C[C@@H](CC(=O)C(F)(F)F)C[C@H]1c1nc2cccc(Cl)c2c(=O)n1-c1ccccc1. The Hall–Kier alpha value is -4.70. The molecule has 0 unspecified atom stereocenters. The number of rotatable bonds is 5. The van der Waals surface area contributed by atoms with Gasteiger partial charge in [0.15, 0.2) is 5.82 Å². The average Bonchev–Trinajstić information content (AvgIpc) is 3.31. The number of anilines is 3. The number of hydrogen-bond donors (Lipinski definition) is 2. The van der Waals surface area contributed by atoms with E-state index < -0.39 is 35.9 Å². The van der Waals surface area contributed by atoms with Gasteiger partial charge >= 0.3 is 6.18 Å². The van der Waals surface area contributed by atoms with Gasteiger partial charge in [0.05, 0.1) is 27.7 Å². The standard InChI is InChI=1S/C26H20ClF3N8O2/c27-16-7-4-8-17-20(16)24(40)38(14-5-2-1-3-6-14)23(34-17)18-9-13(10-19(39)26(28,29)30)12-37(18)22-15(11-31)21(32)35-25(33)36-22/h1-8,13,18H,9-10,12H2,(H4,32,33,35,36)/t13-,18+/m1/s1. The molecule has 0 spiro atoms. The number of nitrogens with two attached hydrogens (primary N) is 2. The van der Waals surface area contributed by atoms with Crippen LogP contribution in [0.5, 0.6) is 0 Å². The number of hydrogen-bond acceptors (Lipinski definition) is 9. The Kier molecular flexibility index (Phi) is 6.80. The average molecular weight is 569 g/mol. The summed E-state index contributed by atoms with van der Waals surface area (Å²) in [5.41, 5.74) is 11.8. The van der Waals surface area contributed by atoms with Gasteiger partial charge in [0, 0.05) is 13.0 Å². The minimum Gasteiger partial charge on any atom is -0.382 e. The van der Waals surface area contributed by atoms with Crippen molar-refractivity contribution in [3.05, 3.63) is 75.3 Å². The van der Waals surface area contributed by atoms with E-state index in [0.29, 0.717) is 5.69 Å². The molecule has 5 rings (SSSR count). The van der Waals surface area contributed by atoms with Crippen LogP contribution in [0.1, 0.15) is 30.3 Å². The third-order valence-corrected chi connectivity index (χ3v) is 7.00. The molecule has 4 aromatic rings. The largest absolute Gasteiger partial charge is 0.449 e. The van der Waals surface area contributed by atoms with E-state index in [-0.39, 0.29) is 57.9 Å². The number of halogens is 4. The van der Waals surface area contributed by atoms with Crippen molar-refractivity contribution >= 4 is 45.9 Å². The fraction of sp³-hybridized carbons (Fsp3) is 0.231. The molecule has 1 aliphatic heterocycles. The summed E-state index contributed by atoms with van der Waals surface area (Å²) in [6.07, 6.45) is -5.86. The van der Waals surface area contributed by atoms with Crippen molar-refractivity contribution in [3.8, 4) is 11.8 Å². The lowest BCUT2D eigenvalue weighted by atomic mass is 9.98. The first-order valence-electron chi connectivity index (χ1n) is 12.0. The minimum atomic E-state index is -5.02. The quantitative estimate of drug-likeness (QED) is 0.363. The summed E-state index contributed by atoms with van der Waals surface area (Å²) in [5.74, 6) is -3.11. The summed E-state index contributed by atoms with van der Waals surface area (Å²) in [6.45, 7) is -0.130. The number of nitrogens with zero attached hydrogens (tertiary/aromatic N) is 6. The van der Waals surface area contributed by atoms with Gasteiger partial charge in [-0.25, -0.2) is 4.98 Å². The molecule has 2 atom stereocenters. The van der Waals surface area contributed by atoms with Crippen LogP contribution in [-0.4, -0.2) is 38.0 Å². The zero-order chi connectivity index (χ0) is 28.8. The lowest BCUT2D eigenvalue weighted by Crippen LogP contribution is -2.33. The zero-order valence-electron chi connectivity index (χ0n) is 20.6. The second-order valence-electron chi connectivity index (χ2n) is 9.25. The number of carbonyl (C=O) groups is 1. The maximum atomic E-state index is 13.9. The van der Waals surface area contributed by atoms with E-state index in [1.807, 2.05) is 6.07 Å². The predicted octanol–water partition coefficient (Wildman–Crippen LogP) is 3.95. The van der Waals surface area contributed by atoms with Gasteiger partial charge in [-0.3, -0.25) is 14.2 Å². The predicted molar refractivity (Wildman–Crippen MR) is 142 cm³/mol. The Balaban J connectivity index is 1.76. The van der Waals surface area contributed by atoms with Gasteiger partial charge in [-0.15, -0.1) is 0 Å². The number of para-hydroxylation sites is 1. The lowest BCUT2D eigenvalue weighted by Gasteiger charge is -2.28. The highest BCUT2D eigenvalue weighted by atomic mass is 35.5. The number of nitriles is 1. The van der Waals surface area contributed by atoms with E-state index in [1.54, 1.807) is 48.5 Å². The molecular formula is C26H20ClF3N8O2. The van der Waals surface area contributed by atoms with Crippen LogP contribution in [0.4, 0.5) is 30.8 Å². The molecule has 0 radical (unpaired) electrons. The van der Waals surface area contributed by atoms with Crippen LogP contribution in [0.15, 0.2) is 53.3 Å². The summed E-state index contributed by atoms with van der Waals surface area (Å²) in [5, 5.41) is 10.1. The first-order chi connectivity index (χ1) is 19.0. The molecule has 0 aliphatic carbocycles. The van der Waals surface area contributed by atoms with Crippen molar-refractivity contribution < 1.29 is 18.0 Å². The van der Waals surface area contributed by atoms with Gasteiger partial charge < -0.3 is 16.4 Å². The number of nitrogen functional groups attached to an aromatic ring is 2. The number of fused-ring (bicyclic) bond motifs is 1. The van der Waals surface area contributed by atoms with E-state index >= 15 is 0 Å². The maximum absolute atomic E-state index is 13.9. The monoisotopic (exact) mass is 568 g/mol. The van der Waals surface area contributed by atoms with Gasteiger partial charge in [0.25, 0.3) is 5.56 Å². The highest BCUT2D eigenvalue weighted by Gasteiger charge is 2.44. The number of ketones is 1. The zero-order valence-corrected chi connectivity index (χ0v) is 21.3. The van der Waals surface area contributed by atoms with E-state index in [0.717, 1.165) is 0 Å². The van der Waals surface area contributed by atoms with Crippen molar-refractivity contribution in [3.63, 3.8) is 0 Å². The molecule has 40 heavy (non-hydrogen) atoms. The van der Waals surface area contributed by atoms with Crippen molar-refractivity contribution in [2.45, 2.75) is 25.1 Å². The molecule has 0 bridgehead atoms. The molecule has 204 valence electrons. The molecule has 3 heterocycles. The van der Waals surface area contributed by atoms with E-state index in [1.165, 1.54) is 9.47 Å². The van der Waals surface area contributed by atoms with Crippen LogP contribution >= 0.6 is 11.6 Å². The fourth-order valence-corrected chi connectivity index (χ4v) is 5.23. The second-order valence-corrected chi connectivity index (χ2v) is 9.66. The number of alkyl halides is 3. The van der Waals surface area contributed by atoms with Crippen molar-refractivity contribution in [2.75, 3.05) is 22.9 Å². The summed E-state index contributed by atoms with van der Waals surface area (Å²) in [7, 11) is 0. The Morgan fingerprint density at radius 2 is 1.82 bits per heavy atom. The highest BCUT2D eigenvalue weighted by Crippen LogP contribution is 2.42. The lowest BCUT2D eigenvalue weighted by molar-refractivity contribution is -0.171. The number of carbonyl (C=O) groups excluding carboxylic acids is 1. The molecule has 1 fully saturated rings. The topological polar surface area (TPSA) is 157 Å². The van der Waals surface area contributed by atoms with Crippen LogP contribution in [0.3, 0.4) is 0 Å². The Bertz CT molecular complexity index is 1740. The summed E-state index contributed by atoms with van der Waals surface area (Å²) >= 11 is 6.37. The van der Waals surface area contributed by atoms with Crippen LogP contribution in [0.25, 0.3) is 16.6 Å². The second kappa shape index (κ2) is 10.1. The van der Waals surface area contributed by atoms with Gasteiger partial charge in [-0.2, -0.15) is 28.4 Å². The first-order valence-corrected chi connectivity index (χ1v) is 12.3. The molecule has 0 amide bonds. The Morgan fingerprint density at radius 3 is 2.50 bits per heavy atom. The molecular weight excluding hydrogens is 549 g/mol. The molecule has 14 heteroatoms. The summed E-state index contributed by atoms with van der Waals surface area (Å²) < 4.78 is 40.9. The maximum Gasteiger partial charge on any atom is 0.449 e. The van der Waals surface area contributed by atoms with Crippen molar-refractivity contribution in [1.82, 2.24) is 19.5 Å². The molecule has 1 saturated heterocycles. The number of aromatic nitrogens is 4. The fourth-order valence-electron chi connectivity index (χ4n) is 4.98. The van der Waals surface area contributed by atoms with Crippen LogP contribution in [-0.2, 0) is 4.79 Å². The van der Waals surface area contributed by atoms with Gasteiger partial charge in [-0.05, 0) is 36.6 Å². The van der Waals surface area contributed by atoms with E-state index in [4.69, 9.17) is 28.1 Å². The number of benzene rings is 2. The van der Waals surface area contributed by atoms with Crippen molar-refractivity contribution in [1.29, 1.82) is 5.26 Å². The third-order valence-electron chi connectivity index (χ3n) is 6.68. The molecule has 4 N–H and O–H groups in total. The molecule has 2 aromatic heterocycles. The van der Waals surface area contributed by atoms with Crippen LogP contribution in [0.2, 0.25) is 5.02 Å². The van der Waals surface area contributed by atoms with Gasteiger partial charge in [0.1, 0.15) is 23.3 Å². The molecule has 10 nitrogen and oxygen atoms in total. The summed E-state index contributed by atoms with van der Waals surface area (Å²) in [4.78, 5) is 40.1. The Labute approximate surface area is 229 Å². The Morgan fingerprint density at radius 1 is 1.10 bits per heavy atom. The van der Waals surface area contributed by atoms with E-state index in [9.17, 15) is 28.0 Å². The molecule has 2 aromatic carbocycles. The molecule has 1 aliphatic rings. The highest BCUT2D eigenvalue weighted by molar-refractivity contribution is 6.35. The minimum absolute atomic E-state index is 0.0259. The van der Waals surface area contributed by atoms with Crippen molar-refractivity contribution in [2.24, 2.45) is 5.92 Å². The van der Waals surface area contributed by atoms with Gasteiger partial charge in [0.2, 0.25) is 11.7 Å². The third kappa shape index (κ3) is 4.77. The van der Waals surface area contributed by atoms with Gasteiger partial charge in [-0.1, -0.05) is 35.9 Å². The van der Waals surface area contributed by atoms with E-state index in [2.05, 4.69) is 9.97 Å². The van der Waals surface area contributed by atoms with Crippen LogP contribution in [0, 0.1) is 17.2 Å². The first kappa shape index (κ1) is 26.9. The van der Waals surface area contributed by atoms with Crippen LogP contribution < -0.4 is 21.9 Å². The summed E-state index contributed by atoms with van der Waals surface area (Å²) in [6, 6.07) is 14.3.